The number of nitrogens with one attached hydrogen (secondary N) is 2. The quantitative estimate of drug-likeness (QED) is 0.632. The SMILES string of the molecule is CC(C)(C)NS(=O)(=O)c1cc(C(=O)Nc2nonc2-c2ccccc2)ccc1Cl. The van der Waals surface area contributed by atoms with Gasteiger partial charge in [-0.1, -0.05) is 41.9 Å². The summed E-state index contributed by atoms with van der Waals surface area (Å²) in [6.07, 6.45) is 0. The number of amides is 1. The Morgan fingerprint density at radius 2 is 1.76 bits per heavy atom. The maximum atomic E-state index is 12.7. The Morgan fingerprint density at radius 1 is 1.07 bits per heavy atom. The molecular formula is C19H19ClN4O4S. The van der Waals surface area contributed by atoms with Gasteiger partial charge >= 0.3 is 0 Å². The minimum absolute atomic E-state index is 0.00590. The number of hydrogen-bond acceptors (Lipinski definition) is 6. The van der Waals surface area contributed by atoms with Gasteiger partial charge in [0.2, 0.25) is 15.8 Å². The molecule has 1 heterocycles. The Morgan fingerprint density at radius 3 is 2.41 bits per heavy atom. The lowest BCUT2D eigenvalue weighted by molar-refractivity contribution is 0.102. The van der Waals surface area contributed by atoms with Gasteiger partial charge in [-0.2, -0.15) is 0 Å². The number of nitrogens with zero attached hydrogens (tertiary/aromatic N) is 2. The van der Waals surface area contributed by atoms with Crippen molar-refractivity contribution in [3.8, 4) is 11.3 Å². The molecule has 0 unspecified atom stereocenters. The van der Waals surface area contributed by atoms with Gasteiger partial charge in [0.25, 0.3) is 5.91 Å². The van der Waals surface area contributed by atoms with Crippen LogP contribution in [-0.4, -0.2) is 30.2 Å². The van der Waals surface area contributed by atoms with Crippen LogP contribution in [0.2, 0.25) is 5.02 Å². The van der Waals surface area contributed by atoms with Crippen LogP contribution >= 0.6 is 11.6 Å². The van der Waals surface area contributed by atoms with E-state index in [0.29, 0.717) is 11.3 Å². The second-order valence-electron chi connectivity index (χ2n) is 7.28. The number of aromatic nitrogens is 2. The molecule has 0 bridgehead atoms. The smallest absolute Gasteiger partial charge is 0.257 e. The van der Waals surface area contributed by atoms with Crippen molar-refractivity contribution in [2.75, 3.05) is 5.32 Å². The Balaban J connectivity index is 1.90. The average Bonchev–Trinajstić information content (AvgIpc) is 3.08. The van der Waals surface area contributed by atoms with E-state index in [0.717, 1.165) is 0 Å². The molecule has 0 atom stereocenters. The van der Waals surface area contributed by atoms with Gasteiger partial charge in [0.1, 0.15) is 4.90 Å². The number of carbonyl (C=O) groups excluding carboxylic acids is 1. The predicted octanol–water partition coefficient (Wildman–Crippen LogP) is 3.72. The summed E-state index contributed by atoms with van der Waals surface area (Å²) in [5.74, 6) is -0.463. The molecule has 2 aromatic carbocycles. The molecule has 8 nitrogen and oxygen atoms in total. The minimum Gasteiger partial charge on any atom is -0.302 e. The summed E-state index contributed by atoms with van der Waals surface area (Å²) in [4.78, 5) is 12.5. The minimum atomic E-state index is -3.93. The Kier molecular flexibility index (Phi) is 5.74. The summed E-state index contributed by atoms with van der Waals surface area (Å²) in [7, 11) is -3.93. The molecule has 29 heavy (non-hydrogen) atoms. The summed E-state index contributed by atoms with van der Waals surface area (Å²) < 4.78 is 32.5. The second-order valence-corrected chi connectivity index (χ2v) is 9.34. The Labute approximate surface area is 173 Å². The van der Waals surface area contributed by atoms with Crippen molar-refractivity contribution in [2.45, 2.75) is 31.2 Å². The number of carbonyl (C=O) groups is 1. The molecule has 0 radical (unpaired) electrons. The van der Waals surface area contributed by atoms with E-state index in [1.54, 1.807) is 32.9 Å². The standard InChI is InChI=1S/C19H19ClN4O4S/c1-19(2,3)24-29(26,27)15-11-13(9-10-14(15)20)18(25)21-17-16(22-28-23-17)12-7-5-4-6-8-12/h4-11,24H,1-3H3,(H,21,23,25). The lowest BCUT2D eigenvalue weighted by Gasteiger charge is -2.21. The molecule has 0 spiro atoms. The van der Waals surface area contributed by atoms with E-state index in [2.05, 4.69) is 20.4 Å². The zero-order valence-electron chi connectivity index (χ0n) is 15.9. The molecular weight excluding hydrogens is 416 g/mol. The van der Waals surface area contributed by atoms with Gasteiger partial charge in [0, 0.05) is 16.7 Å². The zero-order valence-corrected chi connectivity index (χ0v) is 17.5. The van der Waals surface area contributed by atoms with Gasteiger partial charge in [0.15, 0.2) is 5.69 Å². The Hall–Kier alpha value is -2.75. The molecule has 3 rings (SSSR count). The van der Waals surface area contributed by atoms with E-state index in [4.69, 9.17) is 16.2 Å². The van der Waals surface area contributed by atoms with Gasteiger partial charge in [-0.25, -0.2) is 17.8 Å². The van der Waals surface area contributed by atoms with Crippen molar-refractivity contribution in [1.82, 2.24) is 15.0 Å². The number of rotatable bonds is 5. The highest BCUT2D eigenvalue weighted by Crippen LogP contribution is 2.26. The van der Waals surface area contributed by atoms with Gasteiger partial charge in [-0.15, -0.1) is 0 Å². The first-order valence-electron chi connectivity index (χ1n) is 8.60. The monoisotopic (exact) mass is 434 g/mol. The van der Waals surface area contributed by atoms with Crippen molar-refractivity contribution in [1.29, 1.82) is 0 Å². The molecule has 152 valence electrons. The van der Waals surface area contributed by atoms with Crippen molar-refractivity contribution in [3.05, 3.63) is 59.1 Å². The fraction of sp³-hybridized carbons (Fsp3) is 0.211. The van der Waals surface area contributed by atoms with Gasteiger partial charge in [-0.05, 0) is 49.3 Å². The van der Waals surface area contributed by atoms with Crippen LogP contribution in [0.15, 0.2) is 58.1 Å². The summed E-state index contributed by atoms with van der Waals surface area (Å²) in [5, 5.41) is 10.1. The largest absolute Gasteiger partial charge is 0.302 e. The first kappa shape index (κ1) is 21.0. The summed E-state index contributed by atoms with van der Waals surface area (Å²) >= 11 is 6.07. The molecule has 0 aliphatic heterocycles. The normalized spacial score (nSPS) is 12.0. The van der Waals surface area contributed by atoms with E-state index >= 15 is 0 Å². The summed E-state index contributed by atoms with van der Waals surface area (Å²) in [5.41, 5.74) is 0.441. The maximum absolute atomic E-state index is 12.7. The molecule has 0 saturated carbocycles. The average molecular weight is 435 g/mol. The van der Waals surface area contributed by atoms with E-state index < -0.39 is 21.5 Å². The third-order valence-corrected chi connectivity index (χ3v) is 5.93. The fourth-order valence-electron chi connectivity index (χ4n) is 2.54. The molecule has 1 aromatic heterocycles. The molecule has 2 N–H and O–H groups in total. The van der Waals surface area contributed by atoms with Crippen LogP contribution in [0, 0.1) is 0 Å². The van der Waals surface area contributed by atoms with Gasteiger partial charge < -0.3 is 5.32 Å². The van der Waals surface area contributed by atoms with Gasteiger partial charge in [0.05, 0.1) is 5.02 Å². The summed E-state index contributed by atoms with van der Waals surface area (Å²) in [6, 6.07) is 13.0. The maximum Gasteiger partial charge on any atom is 0.257 e. The van der Waals surface area contributed by atoms with E-state index in [1.807, 2.05) is 18.2 Å². The lowest BCUT2D eigenvalue weighted by Crippen LogP contribution is -2.40. The van der Waals surface area contributed by atoms with Crippen LogP contribution < -0.4 is 10.0 Å². The number of hydrogen-bond donors (Lipinski definition) is 2. The molecule has 3 aromatic rings. The van der Waals surface area contributed by atoms with Crippen molar-refractivity contribution in [3.63, 3.8) is 0 Å². The van der Waals surface area contributed by atoms with E-state index in [9.17, 15) is 13.2 Å². The van der Waals surface area contributed by atoms with Crippen molar-refractivity contribution in [2.24, 2.45) is 0 Å². The second kappa shape index (κ2) is 7.94. The molecule has 0 saturated heterocycles. The number of anilines is 1. The van der Waals surface area contributed by atoms with Crippen LogP contribution in [0.4, 0.5) is 5.82 Å². The van der Waals surface area contributed by atoms with Crippen LogP contribution in [-0.2, 0) is 10.0 Å². The molecule has 1 amide bonds. The first-order chi connectivity index (χ1) is 13.6. The van der Waals surface area contributed by atoms with Crippen LogP contribution in [0.5, 0.6) is 0 Å². The number of sulfonamides is 1. The topological polar surface area (TPSA) is 114 Å². The molecule has 0 aliphatic carbocycles. The number of benzene rings is 2. The van der Waals surface area contributed by atoms with E-state index in [-0.39, 0.29) is 21.3 Å². The van der Waals surface area contributed by atoms with Gasteiger partial charge in [-0.3, -0.25) is 4.79 Å². The molecule has 0 fully saturated rings. The molecule has 0 aliphatic rings. The zero-order chi connectivity index (χ0) is 21.2. The van der Waals surface area contributed by atoms with Crippen molar-refractivity contribution >= 4 is 33.3 Å². The third kappa shape index (κ3) is 5.00. The highest BCUT2D eigenvalue weighted by molar-refractivity contribution is 7.89. The predicted molar refractivity (Wildman–Crippen MR) is 109 cm³/mol. The van der Waals surface area contributed by atoms with E-state index in [1.165, 1.54) is 18.2 Å². The molecule has 10 heteroatoms. The third-order valence-electron chi connectivity index (χ3n) is 3.69. The summed E-state index contributed by atoms with van der Waals surface area (Å²) in [6.45, 7) is 5.12. The van der Waals surface area contributed by atoms with Crippen LogP contribution in [0.25, 0.3) is 11.3 Å². The van der Waals surface area contributed by atoms with Crippen LogP contribution in [0.3, 0.4) is 0 Å². The highest BCUT2D eigenvalue weighted by Gasteiger charge is 2.26. The number of halogens is 1. The lowest BCUT2D eigenvalue weighted by atomic mass is 10.1. The first-order valence-corrected chi connectivity index (χ1v) is 10.5. The van der Waals surface area contributed by atoms with Crippen LogP contribution in [0.1, 0.15) is 31.1 Å². The Bertz CT molecular complexity index is 1140. The fourth-order valence-corrected chi connectivity index (χ4v) is 4.49. The highest BCUT2D eigenvalue weighted by atomic mass is 35.5. The van der Waals surface area contributed by atoms with Crippen molar-refractivity contribution < 1.29 is 17.8 Å².